The van der Waals surface area contributed by atoms with Crippen LogP contribution in [0.5, 0.6) is 0 Å². The Bertz CT molecular complexity index is 262. The van der Waals surface area contributed by atoms with Gasteiger partial charge in [-0.15, -0.1) is 0 Å². The lowest BCUT2D eigenvalue weighted by Gasteiger charge is -2.31. The van der Waals surface area contributed by atoms with Crippen molar-refractivity contribution in [1.82, 2.24) is 0 Å². The van der Waals surface area contributed by atoms with Gasteiger partial charge >= 0.3 is 0 Å². The van der Waals surface area contributed by atoms with Crippen molar-refractivity contribution >= 4 is 34.8 Å². The molecule has 0 heterocycles. The first-order valence-corrected chi connectivity index (χ1v) is 5.34. The number of alkyl halides is 3. The van der Waals surface area contributed by atoms with Crippen LogP contribution < -0.4 is 0 Å². The number of nitro groups is 1. The molecule has 3 nitrogen and oxygen atoms in total. The number of halogens is 3. The fourth-order valence-electron chi connectivity index (χ4n) is 1.73. The third-order valence-electron chi connectivity index (χ3n) is 2.44. The van der Waals surface area contributed by atoms with Gasteiger partial charge in [0.1, 0.15) is 0 Å². The Balaban J connectivity index is 2.94. The molecule has 3 unspecified atom stereocenters. The predicted molar refractivity (Wildman–Crippen MR) is 57.5 cm³/mol. The zero-order valence-corrected chi connectivity index (χ0v) is 9.76. The molecular formula is C8H10Cl3NO2. The lowest BCUT2D eigenvalue weighted by atomic mass is 9.83. The first-order valence-electron chi connectivity index (χ1n) is 4.21. The average molecular weight is 259 g/mol. The van der Waals surface area contributed by atoms with Crippen molar-refractivity contribution in [1.29, 1.82) is 0 Å². The van der Waals surface area contributed by atoms with Crippen LogP contribution >= 0.6 is 34.8 Å². The molecule has 14 heavy (non-hydrogen) atoms. The molecule has 80 valence electrons. The minimum atomic E-state index is -1.57. The second-order valence-corrected chi connectivity index (χ2v) is 5.82. The zero-order chi connectivity index (χ0) is 10.9. The van der Waals surface area contributed by atoms with Gasteiger partial charge < -0.3 is 0 Å². The molecule has 0 aromatic heterocycles. The van der Waals surface area contributed by atoms with Crippen molar-refractivity contribution in [2.45, 2.75) is 23.2 Å². The minimum absolute atomic E-state index is 0.195. The van der Waals surface area contributed by atoms with E-state index in [4.69, 9.17) is 34.8 Å². The van der Waals surface area contributed by atoms with Crippen molar-refractivity contribution in [2.75, 3.05) is 0 Å². The molecule has 1 rings (SSSR count). The second kappa shape index (κ2) is 4.25. The van der Waals surface area contributed by atoms with E-state index in [-0.39, 0.29) is 10.8 Å². The molecule has 1 aliphatic carbocycles. The third-order valence-corrected chi connectivity index (χ3v) is 3.29. The number of rotatable bonds is 1. The molecule has 0 spiro atoms. The van der Waals surface area contributed by atoms with Gasteiger partial charge in [-0.3, -0.25) is 10.1 Å². The molecule has 0 saturated carbocycles. The molecule has 6 heteroatoms. The molecule has 0 aromatic rings. The Morgan fingerprint density at radius 3 is 2.43 bits per heavy atom. The van der Waals surface area contributed by atoms with Crippen LogP contribution in [0.2, 0.25) is 0 Å². The Morgan fingerprint density at radius 2 is 2.07 bits per heavy atom. The molecule has 0 N–H and O–H groups in total. The summed E-state index contributed by atoms with van der Waals surface area (Å²) in [7, 11) is 0. The fourth-order valence-corrected chi connectivity index (χ4v) is 2.38. The molecule has 0 bridgehead atoms. The van der Waals surface area contributed by atoms with Crippen LogP contribution in [0.25, 0.3) is 0 Å². The van der Waals surface area contributed by atoms with E-state index in [1.165, 1.54) is 0 Å². The average Bonchev–Trinajstić information content (AvgIpc) is 2.01. The van der Waals surface area contributed by atoms with E-state index in [1.807, 2.05) is 6.08 Å². The summed E-state index contributed by atoms with van der Waals surface area (Å²) in [5.74, 6) is -0.748. The standard InChI is InChI=1S/C8H10Cl3NO2/c1-5-3-2-4-6(8(9,10)11)7(5)12(13)14/h2-3,5-7H,4H2,1H3. The molecule has 3 atom stereocenters. The first-order chi connectivity index (χ1) is 6.34. The van der Waals surface area contributed by atoms with Crippen LogP contribution in [0.3, 0.4) is 0 Å². The maximum absolute atomic E-state index is 10.8. The van der Waals surface area contributed by atoms with Gasteiger partial charge in [0.2, 0.25) is 6.04 Å². The predicted octanol–water partition coefficient (Wildman–Crippen LogP) is 3.21. The largest absolute Gasteiger partial charge is 0.264 e. The molecule has 0 aliphatic heterocycles. The first kappa shape index (κ1) is 12.1. The summed E-state index contributed by atoms with van der Waals surface area (Å²) in [4.78, 5) is 10.5. The number of hydrogen-bond donors (Lipinski definition) is 0. The normalized spacial score (nSPS) is 33.0. The summed E-state index contributed by atoms with van der Waals surface area (Å²) in [6.45, 7) is 1.76. The van der Waals surface area contributed by atoms with Crippen molar-refractivity contribution in [3.8, 4) is 0 Å². The van der Waals surface area contributed by atoms with E-state index in [0.717, 1.165) is 0 Å². The van der Waals surface area contributed by atoms with E-state index < -0.39 is 15.8 Å². The van der Waals surface area contributed by atoms with Crippen molar-refractivity contribution in [3.63, 3.8) is 0 Å². The topological polar surface area (TPSA) is 43.1 Å². The fraction of sp³-hybridized carbons (Fsp3) is 0.750. The summed E-state index contributed by atoms with van der Waals surface area (Å²) in [5.41, 5.74) is 0. The monoisotopic (exact) mass is 257 g/mol. The van der Waals surface area contributed by atoms with Crippen LogP contribution in [0, 0.1) is 22.0 Å². The second-order valence-electron chi connectivity index (χ2n) is 3.45. The molecule has 0 aromatic carbocycles. The highest BCUT2D eigenvalue weighted by Crippen LogP contribution is 2.43. The van der Waals surface area contributed by atoms with Crippen LogP contribution in [-0.2, 0) is 0 Å². The van der Waals surface area contributed by atoms with Gasteiger partial charge in [-0.2, -0.15) is 0 Å². The van der Waals surface area contributed by atoms with E-state index >= 15 is 0 Å². The summed E-state index contributed by atoms with van der Waals surface area (Å²) in [6.07, 6.45) is 4.06. The molecule has 0 saturated heterocycles. The Morgan fingerprint density at radius 1 is 1.50 bits per heavy atom. The number of nitrogens with zero attached hydrogens (tertiary/aromatic N) is 1. The molecule has 0 amide bonds. The van der Waals surface area contributed by atoms with Gasteiger partial charge in [0.25, 0.3) is 0 Å². The summed E-state index contributed by atoms with van der Waals surface area (Å²) >= 11 is 17.1. The summed E-state index contributed by atoms with van der Waals surface area (Å²) < 4.78 is -1.57. The molecular weight excluding hydrogens is 248 g/mol. The highest BCUT2D eigenvalue weighted by atomic mass is 35.6. The summed E-state index contributed by atoms with van der Waals surface area (Å²) in [6, 6.07) is -0.813. The van der Waals surface area contributed by atoms with Gasteiger partial charge in [0.05, 0.1) is 5.92 Å². The third kappa shape index (κ3) is 2.53. The van der Waals surface area contributed by atoms with Gasteiger partial charge in [-0.05, 0) is 6.42 Å². The number of allylic oxidation sites excluding steroid dienone is 1. The van der Waals surface area contributed by atoms with Crippen LogP contribution in [0.15, 0.2) is 12.2 Å². The Labute approximate surface area is 97.2 Å². The maximum Gasteiger partial charge on any atom is 0.226 e. The van der Waals surface area contributed by atoms with Crippen molar-refractivity contribution in [3.05, 3.63) is 22.3 Å². The van der Waals surface area contributed by atoms with E-state index in [0.29, 0.717) is 6.42 Å². The van der Waals surface area contributed by atoms with E-state index in [2.05, 4.69) is 0 Å². The van der Waals surface area contributed by atoms with Crippen LogP contribution in [-0.4, -0.2) is 14.8 Å². The SMILES string of the molecule is CC1C=CCC(C(Cl)(Cl)Cl)C1[N+](=O)[O-]. The molecule has 0 fully saturated rings. The smallest absolute Gasteiger partial charge is 0.226 e. The number of hydrogen-bond acceptors (Lipinski definition) is 2. The lowest BCUT2D eigenvalue weighted by molar-refractivity contribution is -0.539. The zero-order valence-electron chi connectivity index (χ0n) is 7.49. The van der Waals surface area contributed by atoms with Gasteiger partial charge in [0.15, 0.2) is 3.79 Å². The quantitative estimate of drug-likeness (QED) is 0.314. The highest BCUT2D eigenvalue weighted by Gasteiger charge is 2.47. The van der Waals surface area contributed by atoms with Gasteiger partial charge in [0, 0.05) is 10.8 Å². The minimum Gasteiger partial charge on any atom is -0.264 e. The van der Waals surface area contributed by atoms with Crippen LogP contribution in [0.1, 0.15) is 13.3 Å². The molecule has 1 aliphatic rings. The lowest BCUT2D eigenvalue weighted by Crippen LogP contribution is -2.42. The van der Waals surface area contributed by atoms with Gasteiger partial charge in [-0.25, -0.2) is 0 Å². The Hall–Kier alpha value is 0.01000. The molecule has 0 radical (unpaired) electrons. The summed E-state index contributed by atoms with van der Waals surface area (Å²) in [5, 5.41) is 10.8. The Kier molecular flexibility index (Phi) is 3.67. The maximum atomic E-state index is 10.8. The van der Waals surface area contributed by atoms with Crippen LogP contribution in [0.4, 0.5) is 0 Å². The van der Waals surface area contributed by atoms with E-state index in [9.17, 15) is 10.1 Å². The van der Waals surface area contributed by atoms with Gasteiger partial charge in [-0.1, -0.05) is 53.9 Å². The highest BCUT2D eigenvalue weighted by molar-refractivity contribution is 6.67. The van der Waals surface area contributed by atoms with Crippen molar-refractivity contribution in [2.24, 2.45) is 11.8 Å². The van der Waals surface area contributed by atoms with E-state index in [1.54, 1.807) is 13.0 Å². The van der Waals surface area contributed by atoms with Crippen molar-refractivity contribution < 1.29 is 4.92 Å².